The molecule has 0 radical (unpaired) electrons. The van der Waals surface area contributed by atoms with Gasteiger partial charge in [0.25, 0.3) is 0 Å². The highest BCUT2D eigenvalue weighted by Crippen LogP contribution is 1.92. The maximum absolute atomic E-state index is 10.6. The molecule has 0 saturated heterocycles. The molecule has 0 bridgehead atoms. The third-order valence-electron chi connectivity index (χ3n) is 1.37. The standard InChI is InChI=1S/C7H18N2O2S2/c1-12-7-3-4-8-5-6-9-13(2,10)11/h8-9H,3-7H2,1-2H3. The van der Waals surface area contributed by atoms with Gasteiger partial charge in [0.2, 0.25) is 10.0 Å². The van der Waals surface area contributed by atoms with Crippen molar-refractivity contribution in [2.24, 2.45) is 0 Å². The summed E-state index contributed by atoms with van der Waals surface area (Å²) in [6.45, 7) is 2.12. The highest BCUT2D eigenvalue weighted by atomic mass is 32.2. The van der Waals surface area contributed by atoms with Crippen molar-refractivity contribution in [3.63, 3.8) is 0 Å². The molecule has 0 heterocycles. The first-order valence-electron chi connectivity index (χ1n) is 4.20. The number of nitrogens with one attached hydrogen (secondary N) is 2. The largest absolute Gasteiger partial charge is 0.315 e. The van der Waals surface area contributed by atoms with Gasteiger partial charge in [-0.25, -0.2) is 13.1 Å². The Morgan fingerprint density at radius 3 is 2.46 bits per heavy atom. The molecule has 0 aliphatic heterocycles. The zero-order valence-corrected chi connectivity index (χ0v) is 9.80. The maximum Gasteiger partial charge on any atom is 0.208 e. The van der Waals surface area contributed by atoms with E-state index in [-0.39, 0.29) is 0 Å². The average Bonchev–Trinajstić information content (AvgIpc) is 2.01. The molecule has 0 atom stereocenters. The van der Waals surface area contributed by atoms with E-state index in [0.29, 0.717) is 13.1 Å². The van der Waals surface area contributed by atoms with E-state index in [2.05, 4.69) is 16.3 Å². The molecular weight excluding hydrogens is 208 g/mol. The minimum atomic E-state index is -3.02. The Balaban J connectivity index is 3.09. The zero-order valence-electron chi connectivity index (χ0n) is 8.17. The Morgan fingerprint density at radius 2 is 1.92 bits per heavy atom. The van der Waals surface area contributed by atoms with Gasteiger partial charge in [-0.2, -0.15) is 11.8 Å². The first-order valence-corrected chi connectivity index (χ1v) is 7.49. The van der Waals surface area contributed by atoms with Crippen LogP contribution in [0.1, 0.15) is 6.42 Å². The van der Waals surface area contributed by atoms with Gasteiger partial charge in [0.05, 0.1) is 6.26 Å². The van der Waals surface area contributed by atoms with E-state index in [1.54, 1.807) is 0 Å². The first-order chi connectivity index (χ1) is 6.06. The molecule has 0 fully saturated rings. The lowest BCUT2D eigenvalue weighted by Gasteiger charge is -2.04. The smallest absolute Gasteiger partial charge is 0.208 e. The molecule has 0 amide bonds. The van der Waals surface area contributed by atoms with Gasteiger partial charge in [-0.3, -0.25) is 0 Å². The van der Waals surface area contributed by atoms with Gasteiger partial charge >= 0.3 is 0 Å². The lowest BCUT2D eigenvalue weighted by atomic mass is 10.5. The molecule has 0 aromatic rings. The van der Waals surface area contributed by atoms with Crippen LogP contribution in [0, 0.1) is 0 Å². The Kier molecular flexibility index (Phi) is 7.74. The summed E-state index contributed by atoms with van der Waals surface area (Å²) in [7, 11) is -3.02. The second-order valence-corrected chi connectivity index (χ2v) is 5.58. The number of rotatable bonds is 8. The average molecular weight is 226 g/mol. The van der Waals surface area contributed by atoms with Crippen LogP contribution in [0.25, 0.3) is 0 Å². The number of hydrogen-bond acceptors (Lipinski definition) is 4. The fraction of sp³-hybridized carbons (Fsp3) is 1.00. The Hall–Kier alpha value is 0.220. The normalized spacial score (nSPS) is 11.8. The molecule has 2 N–H and O–H groups in total. The fourth-order valence-electron chi connectivity index (χ4n) is 0.791. The van der Waals surface area contributed by atoms with Crippen LogP contribution in [-0.2, 0) is 10.0 Å². The molecule has 4 nitrogen and oxygen atoms in total. The molecule has 0 aliphatic carbocycles. The van der Waals surface area contributed by atoms with Crippen molar-refractivity contribution >= 4 is 21.8 Å². The van der Waals surface area contributed by atoms with Crippen LogP contribution in [0.15, 0.2) is 0 Å². The second kappa shape index (κ2) is 7.61. The zero-order chi connectivity index (χ0) is 10.2. The summed E-state index contributed by atoms with van der Waals surface area (Å²) >= 11 is 1.82. The van der Waals surface area contributed by atoms with Gasteiger partial charge in [-0.05, 0) is 25.0 Å². The molecule has 0 spiro atoms. The molecule has 13 heavy (non-hydrogen) atoms. The van der Waals surface area contributed by atoms with E-state index in [1.165, 1.54) is 6.26 Å². The summed E-state index contributed by atoms with van der Waals surface area (Å²) in [4.78, 5) is 0. The third-order valence-corrected chi connectivity index (χ3v) is 2.79. The van der Waals surface area contributed by atoms with Crippen molar-refractivity contribution in [1.82, 2.24) is 10.0 Å². The van der Waals surface area contributed by atoms with E-state index in [9.17, 15) is 8.42 Å². The number of thioether (sulfide) groups is 1. The Morgan fingerprint density at radius 1 is 1.23 bits per heavy atom. The van der Waals surface area contributed by atoms with Crippen LogP contribution >= 0.6 is 11.8 Å². The van der Waals surface area contributed by atoms with Crippen molar-refractivity contribution in [3.8, 4) is 0 Å². The summed E-state index contributed by atoms with van der Waals surface area (Å²) in [6.07, 6.45) is 4.37. The number of sulfonamides is 1. The Labute approximate surface area is 84.9 Å². The third kappa shape index (κ3) is 12.2. The minimum Gasteiger partial charge on any atom is -0.315 e. The molecule has 0 aromatic carbocycles. The molecule has 0 aromatic heterocycles. The molecule has 0 saturated carbocycles. The molecule has 6 heteroatoms. The monoisotopic (exact) mass is 226 g/mol. The first kappa shape index (κ1) is 13.2. The van der Waals surface area contributed by atoms with E-state index < -0.39 is 10.0 Å². The summed E-state index contributed by atoms with van der Waals surface area (Å²) in [6, 6.07) is 0. The molecule has 0 aliphatic rings. The Bertz CT molecular complexity index is 205. The molecule has 0 rings (SSSR count). The van der Waals surface area contributed by atoms with Gasteiger partial charge in [0.1, 0.15) is 0 Å². The van der Waals surface area contributed by atoms with Crippen LogP contribution in [0.2, 0.25) is 0 Å². The minimum absolute atomic E-state index is 0.470. The second-order valence-electron chi connectivity index (χ2n) is 2.76. The van der Waals surface area contributed by atoms with Gasteiger partial charge in [-0.1, -0.05) is 0 Å². The topological polar surface area (TPSA) is 58.2 Å². The highest BCUT2D eigenvalue weighted by Gasteiger charge is 1.97. The van der Waals surface area contributed by atoms with E-state index >= 15 is 0 Å². The fourth-order valence-corrected chi connectivity index (χ4v) is 1.70. The summed E-state index contributed by atoms with van der Waals surface area (Å²) in [5.74, 6) is 1.15. The molecular formula is C7H18N2O2S2. The molecule has 0 unspecified atom stereocenters. The van der Waals surface area contributed by atoms with Crippen molar-refractivity contribution in [1.29, 1.82) is 0 Å². The van der Waals surface area contributed by atoms with E-state index in [4.69, 9.17) is 0 Å². The summed E-state index contributed by atoms with van der Waals surface area (Å²) < 4.78 is 23.7. The lowest BCUT2D eigenvalue weighted by molar-refractivity contribution is 0.581. The predicted octanol–water partition coefficient (Wildman–Crippen LogP) is -0.122. The van der Waals surface area contributed by atoms with Crippen LogP contribution in [0.5, 0.6) is 0 Å². The van der Waals surface area contributed by atoms with Crippen molar-refractivity contribution in [3.05, 3.63) is 0 Å². The quantitative estimate of drug-likeness (QED) is 0.567. The van der Waals surface area contributed by atoms with Gasteiger partial charge in [0.15, 0.2) is 0 Å². The van der Waals surface area contributed by atoms with Gasteiger partial charge in [0, 0.05) is 13.1 Å². The van der Waals surface area contributed by atoms with Crippen LogP contribution in [0.4, 0.5) is 0 Å². The lowest BCUT2D eigenvalue weighted by Crippen LogP contribution is -2.31. The van der Waals surface area contributed by atoms with Gasteiger partial charge < -0.3 is 5.32 Å². The van der Waals surface area contributed by atoms with Crippen molar-refractivity contribution in [2.75, 3.05) is 37.9 Å². The van der Waals surface area contributed by atoms with Crippen molar-refractivity contribution in [2.45, 2.75) is 6.42 Å². The summed E-state index contributed by atoms with van der Waals surface area (Å²) in [5.41, 5.74) is 0. The van der Waals surface area contributed by atoms with Crippen molar-refractivity contribution < 1.29 is 8.42 Å². The number of hydrogen-bond donors (Lipinski definition) is 2. The van der Waals surface area contributed by atoms with Crippen LogP contribution in [-0.4, -0.2) is 46.3 Å². The SMILES string of the molecule is CSCCCNCCNS(C)(=O)=O. The molecule has 80 valence electrons. The predicted molar refractivity (Wildman–Crippen MR) is 58.7 cm³/mol. The van der Waals surface area contributed by atoms with E-state index in [1.807, 2.05) is 11.8 Å². The summed E-state index contributed by atoms with van der Waals surface area (Å²) in [5, 5.41) is 3.15. The van der Waals surface area contributed by atoms with Gasteiger partial charge in [-0.15, -0.1) is 0 Å². The van der Waals surface area contributed by atoms with Crippen LogP contribution in [0.3, 0.4) is 0 Å². The van der Waals surface area contributed by atoms with E-state index in [0.717, 1.165) is 18.7 Å². The maximum atomic E-state index is 10.6. The van der Waals surface area contributed by atoms with Crippen LogP contribution < -0.4 is 10.0 Å². The highest BCUT2D eigenvalue weighted by molar-refractivity contribution is 7.98.